The zero-order valence-electron chi connectivity index (χ0n) is 14.9. The monoisotopic (exact) mass is 382 g/mol. The number of halogens is 3. The number of nitrogens with one attached hydrogen (secondary N) is 2. The van der Waals surface area contributed by atoms with Crippen LogP contribution in [0.3, 0.4) is 0 Å². The van der Waals surface area contributed by atoms with Gasteiger partial charge < -0.3 is 15.4 Å². The minimum atomic E-state index is -4.97. The van der Waals surface area contributed by atoms with E-state index in [1.807, 2.05) is 23.5 Å². The molecule has 0 saturated heterocycles. The number of fused-ring (bicyclic) bond motifs is 2. The van der Waals surface area contributed by atoms with Crippen LogP contribution in [0.1, 0.15) is 24.9 Å². The van der Waals surface area contributed by atoms with Gasteiger partial charge in [-0.3, -0.25) is 9.59 Å². The number of amides is 2. The lowest BCUT2D eigenvalue weighted by molar-refractivity contribution is -0.175. The zero-order valence-corrected chi connectivity index (χ0v) is 14.9. The first-order valence-electron chi connectivity index (χ1n) is 8.71. The van der Waals surface area contributed by atoms with Crippen molar-refractivity contribution in [3.63, 3.8) is 0 Å². The van der Waals surface area contributed by atoms with Crippen LogP contribution in [0.15, 0.2) is 36.4 Å². The Kier molecular flexibility index (Phi) is 5.17. The smallest absolute Gasteiger partial charge is 0.471 e. The van der Waals surface area contributed by atoms with E-state index in [9.17, 15) is 22.8 Å². The third-order valence-electron chi connectivity index (χ3n) is 5.29. The molecular weight excluding hydrogens is 361 g/mol. The van der Waals surface area contributed by atoms with E-state index >= 15 is 0 Å². The first-order chi connectivity index (χ1) is 12.7. The second-order valence-corrected chi connectivity index (χ2v) is 6.97. The van der Waals surface area contributed by atoms with Gasteiger partial charge in [0, 0.05) is 6.04 Å². The van der Waals surface area contributed by atoms with Crippen molar-refractivity contribution in [3.8, 4) is 5.75 Å². The minimum absolute atomic E-state index is 0.170. The highest BCUT2D eigenvalue weighted by Crippen LogP contribution is 2.44. The predicted octanol–water partition coefficient (Wildman–Crippen LogP) is 2.74. The number of benzene rings is 1. The van der Waals surface area contributed by atoms with E-state index in [1.54, 1.807) is 32.2 Å². The van der Waals surface area contributed by atoms with E-state index in [0.717, 1.165) is 5.56 Å². The van der Waals surface area contributed by atoms with E-state index < -0.39 is 24.0 Å². The molecule has 0 heterocycles. The van der Waals surface area contributed by atoms with Gasteiger partial charge in [-0.2, -0.15) is 13.2 Å². The number of allylic oxidation sites excluding steroid dienone is 1. The maximum Gasteiger partial charge on any atom is 0.471 e. The highest BCUT2D eigenvalue weighted by Gasteiger charge is 2.51. The lowest BCUT2D eigenvalue weighted by atomic mass is 9.87. The van der Waals surface area contributed by atoms with Crippen molar-refractivity contribution in [1.29, 1.82) is 0 Å². The molecule has 1 fully saturated rings. The summed E-state index contributed by atoms with van der Waals surface area (Å²) in [7, 11) is 1.55. The second kappa shape index (κ2) is 7.25. The Labute approximate surface area is 155 Å². The van der Waals surface area contributed by atoms with Crippen molar-refractivity contribution in [3.05, 3.63) is 42.0 Å². The standard InChI is InChI=1S/C19H21F3N2O3/c1-10(11-5-7-14(27-2)8-6-11)23-17(25)15-12-3-4-13(9-12)16(15)24-18(26)19(20,21)22/h3-8,10,12-13,15-16H,9H2,1-2H3,(H,23,25)(H,24,26)/t10-,12-,13+,15+,16-/m1/s1. The van der Waals surface area contributed by atoms with Gasteiger partial charge >= 0.3 is 12.1 Å². The van der Waals surface area contributed by atoms with Gasteiger partial charge in [-0.05, 0) is 42.9 Å². The van der Waals surface area contributed by atoms with Gasteiger partial charge in [-0.25, -0.2) is 0 Å². The van der Waals surface area contributed by atoms with Crippen LogP contribution in [0.25, 0.3) is 0 Å². The summed E-state index contributed by atoms with van der Waals surface area (Å²) in [4.78, 5) is 24.1. The molecule has 1 saturated carbocycles. The number of rotatable bonds is 5. The van der Waals surface area contributed by atoms with Crippen LogP contribution in [0, 0.1) is 17.8 Å². The number of methoxy groups -OCH3 is 1. The van der Waals surface area contributed by atoms with E-state index in [2.05, 4.69) is 5.32 Å². The molecule has 5 atom stereocenters. The van der Waals surface area contributed by atoms with Gasteiger partial charge in [0.05, 0.1) is 19.1 Å². The Bertz CT molecular complexity index is 746. The molecule has 2 N–H and O–H groups in total. The summed E-state index contributed by atoms with van der Waals surface area (Å²) in [5.74, 6) is -2.82. The van der Waals surface area contributed by atoms with E-state index in [1.165, 1.54) is 0 Å². The van der Waals surface area contributed by atoms with E-state index in [0.29, 0.717) is 12.2 Å². The number of carbonyl (C=O) groups is 2. The number of hydrogen-bond donors (Lipinski definition) is 2. The van der Waals surface area contributed by atoms with Crippen LogP contribution in [0.4, 0.5) is 13.2 Å². The molecule has 5 nitrogen and oxygen atoms in total. The highest BCUT2D eigenvalue weighted by molar-refractivity contribution is 5.85. The van der Waals surface area contributed by atoms with Crippen LogP contribution in [0.2, 0.25) is 0 Å². The Morgan fingerprint density at radius 1 is 1.15 bits per heavy atom. The fourth-order valence-electron chi connectivity index (χ4n) is 3.90. The summed E-state index contributed by atoms with van der Waals surface area (Å²) >= 11 is 0. The lowest BCUT2D eigenvalue weighted by Crippen LogP contribution is -2.52. The number of hydrogen-bond acceptors (Lipinski definition) is 3. The fourth-order valence-corrected chi connectivity index (χ4v) is 3.90. The number of ether oxygens (including phenoxy) is 1. The average Bonchev–Trinajstić information content (AvgIpc) is 3.22. The summed E-state index contributed by atoms with van der Waals surface area (Å²) in [5, 5.41) is 4.87. The molecule has 0 aliphatic heterocycles. The summed E-state index contributed by atoms with van der Waals surface area (Å²) < 4.78 is 43.0. The number of carbonyl (C=O) groups excluding carboxylic acids is 2. The molecule has 2 aliphatic carbocycles. The lowest BCUT2D eigenvalue weighted by Gasteiger charge is -2.29. The van der Waals surface area contributed by atoms with Crippen LogP contribution in [-0.2, 0) is 9.59 Å². The molecule has 0 aromatic heterocycles. The van der Waals surface area contributed by atoms with Gasteiger partial charge in [-0.15, -0.1) is 0 Å². The Hall–Kier alpha value is -2.51. The Balaban J connectivity index is 1.70. The van der Waals surface area contributed by atoms with Crippen molar-refractivity contribution in [2.45, 2.75) is 31.6 Å². The molecule has 0 spiro atoms. The first kappa shape index (κ1) is 19.3. The van der Waals surface area contributed by atoms with Crippen molar-refractivity contribution < 1.29 is 27.5 Å². The van der Waals surface area contributed by atoms with Crippen molar-refractivity contribution in [2.24, 2.45) is 17.8 Å². The predicted molar refractivity (Wildman–Crippen MR) is 91.8 cm³/mol. The summed E-state index contributed by atoms with van der Waals surface area (Å²) in [6, 6.07) is 5.98. The normalized spacial score (nSPS) is 27.3. The van der Waals surface area contributed by atoms with Gasteiger partial charge in [0.15, 0.2) is 0 Å². The molecule has 3 rings (SSSR count). The quantitative estimate of drug-likeness (QED) is 0.770. The zero-order chi connectivity index (χ0) is 19.8. The maximum absolute atomic E-state index is 12.8. The fraction of sp³-hybridized carbons (Fsp3) is 0.474. The minimum Gasteiger partial charge on any atom is -0.497 e. The molecule has 1 aromatic rings. The largest absolute Gasteiger partial charge is 0.497 e. The third kappa shape index (κ3) is 3.94. The molecule has 0 radical (unpaired) electrons. The number of alkyl halides is 3. The van der Waals surface area contributed by atoms with Gasteiger partial charge in [0.25, 0.3) is 0 Å². The maximum atomic E-state index is 12.8. The third-order valence-corrected chi connectivity index (χ3v) is 5.29. The molecule has 2 aliphatic rings. The Morgan fingerprint density at radius 2 is 1.78 bits per heavy atom. The summed E-state index contributed by atoms with van der Waals surface area (Å²) in [6.07, 6.45) is -0.771. The van der Waals surface area contributed by atoms with Crippen molar-refractivity contribution >= 4 is 11.8 Å². The van der Waals surface area contributed by atoms with Gasteiger partial charge in [0.1, 0.15) is 5.75 Å². The molecule has 0 unspecified atom stereocenters. The summed E-state index contributed by atoms with van der Waals surface area (Å²) in [6.45, 7) is 1.80. The van der Waals surface area contributed by atoms with Crippen LogP contribution >= 0.6 is 0 Å². The molecule has 146 valence electrons. The van der Waals surface area contributed by atoms with Gasteiger partial charge in [0.2, 0.25) is 5.91 Å². The molecular formula is C19H21F3N2O3. The topological polar surface area (TPSA) is 67.4 Å². The Morgan fingerprint density at radius 3 is 2.37 bits per heavy atom. The second-order valence-electron chi connectivity index (χ2n) is 6.97. The van der Waals surface area contributed by atoms with Crippen LogP contribution in [0.5, 0.6) is 5.75 Å². The van der Waals surface area contributed by atoms with E-state index in [-0.39, 0.29) is 23.8 Å². The highest BCUT2D eigenvalue weighted by atomic mass is 19.4. The molecule has 27 heavy (non-hydrogen) atoms. The van der Waals surface area contributed by atoms with E-state index in [4.69, 9.17) is 4.74 Å². The SMILES string of the molecule is COc1ccc([C@@H](C)NC(=O)[C@@H]2[C@H](NC(=O)C(F)(F)F)[C@H]3C=C[C@@H]2C3)cc1. The van der Waals surface area contributed by atoms with Gasteiger partial charge in [-0.1, -0.05) is 24.3 Å². The molecule has 8 heteroatoms. The van der Waals surface area contributed by atoms with Crippen LogP contribution in [-0.4, -0.2) is 31.1 Å². The average molecular weight is 382 g/mol. The van der Waals surface area contributed by atoms with Crippen molar-refractivity contribution in [2.75, 3.05) is 7.11 Å². The molecule has 1 aromatic carbocycles. The first-order valence-corrected chi connectivity index (χ1v) is 8.71. The van der Waals surface area contributed by atoms with Crippen LogP contribution < -0.4 is 15.4 Å². The summed E-state index contributed by atoms with van der Waals surface area (Å²) in [5.41, 5.74) is 0.846. The van der Waals surface area contributed by atoms with Crippen molar-refractivity contribution in [1.82, 2.24) is 10.6 Å². The molecule has 2 bridgehead atoms. The molecule has 2 amide bonds.